The minimum absolute atomic E-state index is 0.351. The SMILES string of the molecule is CON(C)C(=O)OCC(C)C. The van der Waals surface area contributed by atoms with Crippen molar-refractivity contribution in [1.29, 1.82) is 0 Å². The maximum Gasteiger partial charge on any atom is 0.433 e. The Morgan fingerprint density at radius 3 is 2.45 bits per heavy atom. The highest BCUT2D eigenvalue weighted by atomic mass is 16.7. The Morgan fingerprint density at radius 2 is 2.09 bits per heavy atom. The summed E-state index contributed by atoms with van der Waals surface area (Å²) in [6.07, 6.45) is -0.457. The van der Waals surface area contributed by atoms with Gasteiger partial charge in [0.1, 0.15) is 0 Å². The van der Waals surface area contributed by atoms with Crippen LogP contribution in [0, 0.1) is 5.92 Å². The molecule has 0 rings (SSSR count). The molecule has 0 spiro atoms. The fourth-order valence-corrected chi connectivity index (χ4v) is 0.403. The quantitative estimate of drug-likeness (QED) is 0.585. The van der Waals surface area contributed by atoms with Crippen LogP contribution in [0.2, 0.25) is 0 Å². The molecule has 4 heteroatoms. The lowest BCUT2D eigenvalue weighted by molar-refractivity contribution is -0.0918. The Hall–Kier alpha value is -0.770. The van der Waals surface area contributed by atoms with Gasteiger partial charge in [-0.05, 0) is 5.92 Å². The molecule has 0 atom stereocenters. The molecule has 66 valence electrons. The van der Waals surface area contributed by atoms with E-state index in [1.807, 2.05) is 13.8 Å². The average Bonchev–Trinajstić information content (AvgIpc) is 1.98. The molecule has 0 bridgehead atoms. The number of amides is 1. The number of nitrogens with zero attached hydrogens (tertiary/aromatic N) is 1. The second-order valence-electron chi connectivity index (χ2n) is 2.65. The van der Waals surface area contributed by atoms with Crippen LogP contribution in [0.15, 0.2) is 0 Å². The summed E-state index contributed by atoms with van der Waals surface area (Å²) in [7, 11) is 2.92. The molecular weight excluding hydrogens is 146 g/mol. The molecule has 4 nitrogen and oxygen atoms in total. The van der Waals surface area contributed by atoms with Crippen LogP contribution in [0.3, 0.4) is 0 Å². The Balaban J connectivity index is 3.52. The third kappa shape index (κ3) is 4.61. The second kappa shape index (κ2) is 4.96. The van der Waals surface area contributed by atoms with Gasteiger partial charge in [0.25, 0.3) is 0 Å². The van der Waals surface area contributed by atoms with Crippen LogP contribution in [0.4, 0.5) is 4.79 Å². The molecule has 0 heterocycles. The Morgan fingerprint density at radius 1 is 1.55 bits per heavy atom. The molecule has 1 amide bonds. The van der Waals surface area contributed by atoms with Gasteiger partial charge in [-0.2, -0.15) is 5.06 Å². The van der Waals surface area contributed by atoms with Gasteiger partial charge in [0, 0.05) is 7.05 Å². The molecule has 0 aromatic heterocycles. The maximum absolute atomic E-state index is 10.9. The van der Waals surface area contributed by atoms with Crippen molar-refractivity contribution in [3.8, 4) is 0 Å². The lowest BCUT2D eigenvalue weighted by atomic mass is 10.2. The van der Waals surface area contributed by atoms with E-state index in [1.54, 1.807) is 0 Å². The Bertz CT molecular complexity index is 125. The first-order chi connectivity index (χ1) is 5.07. The summed E-state index contributed by atoms with van der Waals surface area (Å²) >= 11 is 0. The van der Waals surface area contributed by atoms with E-state index in [0.29, 0.717) is 12.5 Å². The summed E-state index contributed by atoms with van der Waals surface area (Å²) in [5.41, 5.74) is 0. The van der Waals surface area contributed by atoms with Crippen molar-refractivity contribution < 1.29 is 14.4 Å². The van der Waals surface area contributed by atoms with Crippen molar-refractivity contribution in [2.24, 2.45) is 5.92 Å². The highest BCUT2D eigenvalue weighted by Gasteiger charge is 2.08. The molecule has 0 unspecified atom stereocenters. The van der Waals surface area contributed by atoms with Crippen LogP contribution >= 0.6 is 0 Å². The fourth-order valence-electron chi connectivity index (χ4n) is 0.403. The zero-order valence-corrected chi connectivity index (χ0v) is 7.46. The van der Waals surface area contributed by atoms with Gasteiger partial charge in [-0.15, -0.1) is 0 Å². The van der Waals surface area contributed by atoms with Crippen molar-refractivity contribution in [1.82, 2.24) is 5.06 Å². The molecule has 0 aromatic rings. The summed E-state index contributed by atoms with van der Waals surface area (Å²) < 4.78 is 4.82. The molecule has 0 saturated carbocycles. The van der Waals surface area contributed by atoms with E-state index >= 15 is 0 Å². The molecule has 11 heavy (non-hydrogen) atoms. The molecule has 0 aliphatic heterocycles. The molecule has 0 saturated heterocycles. The van der Waals surface area contributed by atoms with E-state index in [9.17, 15) is 4.79 Å². The Kier molecular flexibility index (Phi) is 4.61. The third-order valence-corrected chi connectivity index (χ3v) is 1.07. The zero-order chi connectivity index (χ0) is 8.85. The molecule has 0 radical (unpaired) electrons. The maximum atomic E-state index is 10.9. The number of ether oxygens (including phenoxy) is 1. The summed E-state index contributed by atoms with van der Waals surface area (Å²) in [6.45, 7) is 4.37. The van der Waals surface area contributed by atoms with E-state index < -0.39 is 6.09 Å². The first-order valence-corrected chi connectivity index (χ1v) is 3.52. The van der Waals surface area contributed by atoms with Gasteiger partial charge in [0.15, 0.2) is 0 Å². The van der Waals surface area contributed by atoms with Crippen LogP contribution in [-0.2, 0) is 9.57 Å². The van der Waals surface area contributed by atoms with Gasteiger partial charge in [0.05, 0.1) is 13.7 Å². The molecule has 0 aliphatic rings. The van der Waals surface area contributed by atoms with Crippen LogP contribution in [-0.4, -0.2) is 31.9 Å². The predicted molar refractivity (Wildman–Crippen MR) is 41.0 cm³/mol. The largest absolute Gasteiger partial charge is 0.448 e. The van der Waals surface area contributed by atoms with Crippen molar-refractivity contribution in [2.75, 3.05) is 20.8 Å². The van der Waals surface area contributed by atoms with Crippen LogP contribution in [0.1, 0.15) is 13.8 Å². The minimum Gasteiger partial charge on any atom is -0.448 e. The van der Waals surface area contributed by atoms with E-state index in [-0.39, 0.29) is 0 Å². The monoisotopic (exact) mass is 161 g/mol. The minimum atomic E-state index is -0.457. The highest BCUT2D eigenvalue weighted by molar-refractivity contribution is 5.65. The number of carbonyl (C=O) groups is 1. The van der Waals surface area contributed by atoms with Crippen molar-refractivity contribution in [3.05, 3.63) is 0 Å². The van der Waals surface area contributed by atoms with Crippen molar-refractivity contribution in [3.63, 3.8) is 0 Å². The summed E-state index contributed by atoms with van der Waals surface area (Å²) in [5, 5.41) is 1.04. The molecule has 0 aromatic carbocycles. The van der Waals surface area contributed by atoms with Gasteiger partial charge in [0.2, 0.25) is 0 Å². The standard InChI is InChI=1S/C7H15NO3/c1-6(2)5-11-7(9)8(3)10-4/h6H,5H2,1-4H3. The smallest absolute Gasteiger partial charge is 0.433 e. The van der Waals surface area contributed by atoms with Gasteiger partial charge in [-0.3, -0.25) is 4.84 Å². The predicted octanol–water partition coefficient (Wildman–Crippen LogP) is 1.27. The summed E-state index contributed by atoms with van der Waals surface area (Å²) in [5.74, 6) is 0.351. The number of hydroxylamine groups is 2. The molecule has 0 fully saturated rings. The topological polar surface area (TPSA) is 38.8 Å². The number of hydrogen-bond acceptors (Lipinski definition) is 3. The number of hydrogen-bond donors (Lipinski definition) is 0. The van der Waals surface area contributed by atoms with E-state index in [1.165, 1.54) is 14.2 Å². The normalized spacial score (nSPS) is 9.91. The number of carbonyl (C=O) groups excluding carboxylic acids is 1. The van der Waals surface area contributed by atoms with E-state index in [0.717, 1.165) is 5.06 Å². The number of rotatable bonds is 3. The van der Waals surface area contributed by atoms with Crippen molar-refractivity contribution >= 4 is 6.09 Å². The fraction of sp³-hybridized carbons (Fsp3) is 0.857. The van der Waals surface area contributed by atoms with Gasteiger partial charge in [-0.25, -0.2) is 4.79 Å². The average molecular weight is 161 g/mol. The first-order valence-electron chi connectivity index (χ1n) is 3.52. The highest BCUT2D eigenvalue weighted by Crippen LogP contribution is 1.96. The van der Waals surface area contributed by atoms with Gasteiger partial charge >= 0.3 is 6.09 Å². The zero-order valence-electron chi connectivity index (χ0n) is 7.46. The summed E-state index contributed by atoms with van der Waals surface area (Å²) in [6, 6.07) is 0. The lowest BCUT2D eigenvalue weighted by Crippen LogP contribution is -2.27. The van der Waals surface area contributed by atoms with Crippen LogP contribution in [0.5, 0.6) is 0 Å². The molecule has 0 aliphatic carbocycles. The molecular formula is C7H15NO3. The third-order valence-electron chi connectivity index (χ3n) is 1.07. The van der Waals surface area contributed by atoms with E-state index in [2.05, 4.69) is 4.84 Å². The van der Waals surface area contributed by atoms with Crippen LogP contribution < -0.4 is 0 Å². The van der Waals surface area contributed by atoms with Crippen molar-refractivity contribution in [2.45, 2.75) is 13.8 Å². The second-order valence-corrected chi connectivity index (χ2v) is 2.65. The van der Waals surface area contributed by atoms with Crippen LogP contribution in [0.25, 0.3) is 0 Å². The molecule has 0 N–H and O–H groups in total. The van der Waals surface area contributed by atoms with Gasteiger partial charge < -0.3 is 4.74 Å². The first kappa shape index (κ1) is 10.2. The Labute approximate surface area is 67.0 Å². The van der Waals surface area contributed by atoms with E-state index in [4.69, 9.17) is 4.74 Å². The summed E-state index contributed by atoms with van der Waals surface area (Å²) in [4.78, 5) is 15.5. The van der Waals surface area contributed by atoms with Gasteiger partial charge in [-0.1, -0.05) is 13.8 Å². The lowest BCUT2D eigenvalue weighted by Gasteiger charge is -2.14.